The summed E-state index contributed by atoms with van der Waals surface area (Å²) in [7, 11) is -4.01. The van der Waals surface area contributed by atoms with Gasteiger partial charge in [-0.2, -0.15) is 0 Å². The van der Waals surface area contributed by atoms with E-state index in [1.807, 2.05) is 24.3 Å². The molecule has 1 fully saturated rings. The molecule has 0 aromatic heterocycles. The SMILES string of the molecule is O=C(/C=C/c1ccc(OCCN2CCOCC2)cc1)N1CC(CCl)c2c1cc([N+](=O)[O-])c1cc(S(=O)(=O)NCCO)ccc21. The lowest BCUT2D eigenvalue weighted by atomic mass is 9.95. The number of ether oxygens (including phenoxy) is 2. The molecule has 2 heterocycles. The number of nitrogens with zero attached hydrogens (tertiary/aromatic N) is 3. The summed E-state index contributed by atoms with van der Waals surface area (Å²) in [4.78, 5) is 28.5. The van der Waals surface area contributed by atoms with E-state index >= 15 is 0 Å². The van der Waals surface area contributed by atoms with Crippen molar-refractivity contribution in [3.63, 3.8) is 0 Å². The smallest absolute Gasteiger partial charge is 0.279 e. The number of fused-ring (bicyclic) bond motifs is 3. The second-order valence-corrected chi connectivity index (χ2v) is 12.5. The monoisotopic (exact) mass is 644 g/mol. The van der Waals surface area contributed by atoms with Crippen molar-refractivity contribution in [2.45, 2.75) is 10.8 Å². The lowest BCUT2D eigenvalue weighted by Gasteiger charge is -2.26. The molecule has 1 saturated heterocycles. The first kappa shape index (κ1) is 31.8. The van der Waals surface area contributed by atoms with Crippen LogP contribution in [0.5, 0.6) is 5.75 Å². The van der Waals surface area contributed by atoms with Gasteiger partial charge in [-0.3, -0.25) is 19.8 Å². The number of aliphatic hydroxyl groups excluding tert-OH is 1. The zero-order valence-corrected chi connectivity index (χ0v) is 25.4. The zero-order valence-electron chi connectivity index (χ0n) is 23.9. The molecular formula is C30H33ClN4O8S. The first-order chi connectivity index (χ1) is 21.2. The maximum Gasteiger partial charge on any atom is 0.279 e. The van der Waals surface area contributed by atoms with Gasteiger partial charge < -0.3 is 19.5 Å². The minimum absolute atomic E-state index is 0.118. The third kappa shape index (κ3) is 7.04. The Kier molecular flexibility index (Phi) is 10.1. The number of anilines is 1. The largest absolute Gasteiger partial charge is 0.492 e. The first-order valence-corrected chi connectivity index (χ1v) is 16.2. The molecule has 12 nitrogen and oxygen atoms in total. The maximum absolute atomic E-state index is 13.4. The van der Waals surface area contributed by atoms with Crippen LogP contribution in [0.25, 0.3) is 16.8 Å². The highest BCUT2D eigenvalue weighted by Crippen LogP contribution is 2.46. The molecule has 1 amide bonds. The van der Waals surface area contributed by atoms with Crippen LogP contribution in [-0.2, 0) is 19.6 Å². The Labute approximate surface area is 260 Å². The number of carbonyl (C=O) groups excluding carboxylic acids is 1. The number of aliphatic hydroxyl groups is 1. The van der Waals surface area contributed by atoms with Gasteiger partial charge >= 0.3 is 0 Å². The summed E-state index contributed by atoms with van der Waals surface area (Å²) in [6.07, 6.45) is 3.08. The van der Waals surface area contributed by atoms with Crippen molar-refractivity contribution >= 4 is 55.8 Å². The van der Waals surface area contributed by atoms with Crippen LogP contribution >= 0.6 is 11.6 Å². The van der Waals surface area contributed by atoms with E-state index in [-0.39, 0.29) is 46.8 Å². The van der Waals surface area contributed by atoms with Crippen molar-refractivity contribution in [2.75, 3.05) is 69.9 Å². The Balaban J connectivity index is 1.35. The average Bonchev–Trinajstić information content (AvgIpc) is 3.42. The van der Waals surface area contributed by atoms with E-state index in [4.69, 9.17) is 26.2 Å². The summed E-state index contributed by atoms with van der Waals surface area (Å²) in [6.45, 7) is 4.26. The van der Waals surface area contributed by atoms with E-state index in [0.717, 1.165) is 44.2 Å². The van der Waals surface area contributed by atoms with Gasteiger partial charge in [0, 0.05) is 56.7 Å². The fourth-order valence-corrected chi connectivity index (χ4v) is 6.72. The minimum atomic E-state index is -4.01. The number of nitro groups is 1. The molecule has 1 atom stereocenters. The maximum atomic E-state index is 13.4. The molecule has 14 heteroatoms. The number of benzene rings is 3. The van der Waals surface area contributed by atoms with Gasteiger partial charge in [0.1, 0.15) is 12.4 Å². The summed E-state index contributed by atoms with van der Waals surface area (Å²) >= 11 is 6.30. The molecular weight excluding hydrogens is 612 g/mol. The van der Waals surface area contributed by atoms with Crippen LogP contribution in [0.4, 0.5) is 11.4 Å². The predicted octanol–water partition coefficient (Wildman–Crippen LogP) is 3.11. The lowest BCUT2D eigenvalue weighted by Crippen LogP contribution is -2.38. The van der Waals surface area contributed by atoms with Crippen LogP contribution in [0.15, 0.2) is 59.5 Å². The fraction of sp³-hybridized carbons (Fsp3) is 0.367. The fourth-order valence-electron chi connectivity index (χ4n) is 5.42. The number of sulfonamides is 1. The summed E-state index contributed by atoms with van der Waals surface area (Å²) in [6, 6.07) is 12.7. The zero-order chi connectivity index (χ0) is 31.3. The third-order valence-corrected chi connectivity index (χ3v) is 9.48. The van der Waals surface area contributed by atoms with E-state index in [9.17, 15) is 23.3 Å². The molecule has 0 bridgehead atoms. The van der Waals surface area contributed by atoms with E-state index in [2.05, 4.69) is 9.62 Å². The van der Waals surface area contributed by atoms with Gasteiger partial charge in [-0.25, -0.2) is 13.1 Å². The van der Waals surface area contributed by atoms with Gasteiger partial charge in [-0.1, -0.05) is 18.2 Å². The number of hydrogen-bond donors (Lipinski definition) is 2. The number of nitro benzene ring substituents is 1. The Morgan fingerprint density at radius 1 is 1.16 bits per heavy atom. The molecule has 234 valence electrons. The van der Waals surface area contributed by atoms with Crippen LogP contribution < -0.4 is 14.4 Å². The first-order valence-electron chi connectivity index (χ1n) is 14.2. The molecule has 0 aliphatic carbocycles. The van der Waals surface area contributed by atoms with Crippen molar-refractivity contribution in [3.8, 4) is 5.75 Å². The Morgan fingerprint density at radius 3 is 2.59 bits per heavy atom. The molecule has 0 radical (unpaired) electrons. The van der Waals surface area contributed by atoms with Crippen LogP contribution in [-0.4, -0.2) is 94.3 Å². The molecule has 2 aliphatic heterocycles. The molecule has 3 aromatic carbocycles. The van der Waals surface area contributed by atoms with Crippen molar-refractivity contribution in [3.05, 3.63) is 75.8 Å². The van der Waals surface area contributed by atoms with Crippen LogP contribution in [0.1, 0.15) is 17.0 Å². The standard InChI is InChI=1S/C30H33ClN4O8S/c31-19-22-20-34(29(37)8-3-21-1-4-23(5-2-21)43-16-12-33-10-14-42-15-11-33)28-18-27(35(38)39)26-17-24(6-7-25(26)30(22)28)44(40,41)32-9-13-36/h1-8,17-18,22,32,36H,9-16,19-20H2/b8-3+. The van der Waals surface area contributed by atoms with Gasteiger partial charge in [0.25, 0.3) is 11.6 Å². The lowest BCUT2D eigenvalue weighted by molar-refractivity contribution is -0.383. The Bertz CT molecular complexity index is 1660. The van der Waals surface area contributed by atoms with Gasteiger partial charge in [-0.05, 0) is 46.9 Å². The second-order valence-electron chi connectivity index (χ2n) is 10.4. The molecule has 2 N–H and O–H groups in total. The number of non-ortho nitro benzene ring substituents is 1. The summed E-state index contributed by atoms with van der Waals surface area (Å²) in [5, 5.41) is 21.7. The van der Waals surface area contributed by atoms with Crippen LogP contribution in [0.3, 0.4) is 0 Å². The number of carbonyl (C=O) groups is 1. The van der Waals surface area contributed by atoms with Crippen molar-refractivity contribution < 1.29 is 32.7 Å². The normalized spacial score (nSPS) is 17.3. The summed E-state index contributed by atoms with van der Waals surface area (Å²) < 4.78 is 38.7. The number of rotatable bonds is 12. The number of alkyl halides is 1. The van der Waals surface area contributed by atoms with E-state index < -0.39 is 21.6 Å². The van der Waals surface area contributed by atoms with Crippen molar-refractivity contribution in [1.82, 2.24) is 9.62 Å². The average molecular weight is 645 g/mol. The van der Waals surface area contributed by atoms with Gasteiger partial charge in [0.05, 0.1) is 40.7 Å². The molecule has 5 rings (SSSR count). The molecule has 3 aromatic rings. The van der Waals surface area contributed by atoms with E-state index in [0.29, 0.717) is 23.2 Å². The van der Waals surface area contributed by atoms with Crippen molar-refractivity contribution in [1.29, 1.82) is 0 Å². The molecule has 0 spiro atoms. The van der Waals surface area contributed by atoms with Crippen LogP contribution in [0, 0.1) is 10.1 Å². The number of nitrogens with one attached hydrogen (secondary N) is 1. The highest BCUT2D eigenvalue weighted by molar-refractivity contribution is 7.89. The molecule has 2 aliphatic rings. The minimum Gasteiger partial charge on any atom is -0.492 e. The number of halogens is 1. The van der Waals surface area contributed by atoms with Gasteiger partial charge in [-0.15, -0.1) is 11.6 Å². The molecule has 1 unspecified atom stereocenters. The highest BCUT2D eigenvalue weighted by Gasteiger charge is 2.36. The summed E-state index contributed by atoms with van der Waals surface area (Å²) in [5.74, 6) is 0.180. The number of amides is 1. The van der Waals surface area contributed by atoms with E-state index in [1.165, 1.54) is 35.2 Å². The highest BCUT2D eigenvalue weighted by atomic mass is 35.5. The third-order valence-electron chi connectivity index (χ3n) is 7.65. The topological polar surface area (TPSA) is 152 Å². The quantitative estimate of drug-likeness (QED) is 0.131. The molecule has 0 saturated carbocycles. The number of morpholine rings is 1. The van der Waals surface area contributed by atoms with Crippen LogP contribution in [0.2, 0.25) is 0 Å². The second kappa shape index (κ2) is 14.0. The molecule has 44 heavy (non-hydrogen) atoms. The van der Waals surface area contributed by atoms with Gasteiger partial charge in [0.2, 0.25) is 10.0 Å². The van der Waals surface area contributed by atoms with Gasteiger partial charge in [0.15, 0.2) is 0 Å². The predicted molar refractivity (Wildman–Crippen MR) is 167 cm³/mol. The van der Waals surface area contributed by atoms with Crippen molar-refractivity contribution in [2.24, 2.45) is 0 Å². The summed E-state index contributed by atoms with van der Waals surface area (Å²) in [5.41, 5.74) is 1.45. The Hall–Kier alpha value is -3.59. The Morgan fingerprint density at radius 2 is 1.91 bits per heavy atom. The van der Waals surface area contributed by atoms with E-state index in [1.54, 1.807) is 6.08 Å². The number of hydrogen-bond acceptors (Lipinski definition) is 9.